The first-order valence-corrected chi connectivity index (χ1v) is 4.17. The smallest absolute Gasteiger partial charge is 0.264 e. The third-order valence-corrected chi connectivity index (χ3v) is 2.14. The second-order valence-electron chi connectivity index (χ2n) is 3.15. The highest BCUT2D eigenvalue weighted by Gasteiger charge is 2.13. The second kappa shape index (κ2) is 3.83. The molecule has 1 atom stereocenters. The predicted molar refractivity (Wildman–Crippen MR) is 48.7 cm³/mol. The average molecular weight is 185 g/mol. The van der Waals surface area contributed by atoms with Gasteiger partial charge in [-0.3, -0.25) is 0 Å². The molecule has 0 saturated heterocycles. The molecule has 0 heterocycles. The number of alkyl halides is 2. The molecule has 0 unspecified atom stereocenters. The third-order valence-electron chi connectivity index (χ3n) is 2.14. The first kappa shape index (κ1) is 10.1. The van der Waals surface area contributed by atoms with Crippen LogP contribution in [0.5, 0.6) is 0 Å². The van der Waals surface area contributed by atoms with Gasteiger partial charge in [0.1, 0.15) is 0 Å². The molecule has 1 aromatic rings. The van der Waals surface area contributed by atoms with Crippen LogP contribution in [0.25, 0.3) is 0 Å². The number of halogens is 2. The van der Waals surface area contributed by atoms with E-state index in [-0.39, 0.29) is 11.6 Å². The fourth-order valence-electron chi connectivity index (χ4n) is 1.40. The summed E-state index contributed by atoms with van der Waals surface area (Å²) in [5.41, 5.74) is 7.11. The summed E-state index contributed by atoms with van der Waals surface area (Å²) in [4.78, 5) is 0. The van der Waals surface area contributed by atoms with Crippen LogP contribution in [0.3, 0.4) is 0 Å². The topological polar surface area (TPSA) is 26.0 Å². The Morgan fingerprint density at radius 3 is 2.23 bits per heavy atom. The van der Waals surface area contributed by atoms with E-state index in [4.69, 9.17) is 5.73 Å². The van der Waals surface area contributed by atoms with E-state index in [0.29, 0.717) is 5.56 Å². The molecule has 2 N–H and O–H groups in total. The van der Waals surface area contributed by atoms with E-state index in [1.54, 1.807) is 26.0 Å². The van der Waals surface area contributed by atoms with Crippen LogP contribution in [0, 0.1) is 6.92 Å². The Hall–Kier alpha value is -0.960. The van der Waals surface area contributed by atoms with Gasteiger partial charge in [-0.25, -0.2) is 8.78 Å². The zero-order valence-electron chi connectivity index (χ0n) is 7.72. The van der Waals surface area contributed by atoms with Crippen LogP contribution < -0.4 is 5.73 Å². The molecule has 0 amide bonds. The van der Waals surface area contributed by atoms with Crippen LogP contribution in [0.2, 0.25) is 0 Å². The molecule has 0 radical (unpaired) electrons. The zero-order chi connectivity index (χ0) is 10.0. The average Bonchev–Trinajstić information content (AvgIpc) is 2.03. The Bertz CT molecular complexity index is 269. The van der Waals surface area contributed by atoms with E-state index in [2.05, 4.69) is 0 Å². The van der Waals surface area contributed by atoms with E-state index in [1.165, 1.54) is 6.07 Å². The van der Waals surface area contributed by atoms with Gasteiger partial charge in [-0.15, -0.1) is 0 Å². The third kappa shape index (κ3) is 2.04. The van der Waals surface area contributed by atoms with Gasteiger partial charge >= 0.3 is 0 Å². The number of hydrogen-bond donors (Lipinski definition) is 1. The van der Waals surface area contributed by atoms with Gasteiger partial charge in [-0.1, -0.05) is 18.2 Å². The Morgan fingerprint density at radius 2 is 1.77 bits per heavy atom. The molecule has 0 aliphatic rings. The summed E-state index contributed by atoms with van der Waals surface area (Å²) in [6.45, 7) is 3.47. The molecule has 1 aromatic carbocycles. The van der Waals surface area contributed by atoms with Crippen LogP contribution in [0.1, 0.15) is 36.1 Å². The Kier molecular flexibility index (Phi) is 2.98. The van der Waals surface area contributed by atoms with Gasteiger partial charge in [-0.2, -0.15) is 0 Å². The van der Waals surface area contributed by atoms with E-state index in [0.717, 1.165) is 5.56 Å². The minimum Gasteiger partial charge on any atom is -0.324 e. The first-order valence-electron chi connectivity index (χ1n) is 4.17. The van der Waals surface area contributed by atoms with Crippen molar-refractivity contribution in [3.05, 3.63) is 34.9 Å². The highest BCUT2D eigenvalue weighted by molar-refractivity contribution is 5.36. The second-order valence-corrected chi connectivity index (χ2v) is 3.15. The minimum absolute atomic E-state index is 0.0785. The SMILES string of the molecule is Cc1c(C(F)F)cccc1[C@@H](C)N. The molecule has 0 saturated carbocycles. The molecule has 13 heavy (non-hydrogen) atoms. The van der Waals surface area contributed by atoms with Crippen molar-refractivity contribution in [2.45, 2.75) is 26.3 Å². The fourth-order valence-corrected chi connectivity index (χ4v) is 1.40. The summed E-state index contributed by atoms with van der Waals surface area (Å²) >= 11 is 0. The van der Waals surface area contributed by atoms with E-state index >= 15 is 0 Å². The highest BCUT2D eigenvalue weighted by atomic mass is 19.3. The van der Waals surface area contributed by atoms with Crippen LogP contribution >= 0.6 is 0 Å². The minimum atomic E-state index is -2.42. The van der Waals surface area contributed by atoms with Crippen molar-refractivity contribution < 1.29 is 8.78 Å². The number of nitrogens with two attached hydrogens (primary N) is 1. The van der Waals surface area contributed by atoms with Crippen molar-refractivity contribution in [3.63, 3.8) is 0 Å². The van der Waals surface area contributed by atoms with Crippen LogP contribution in [-0.4, -0.2) is 0 Å². The molecule has 1 rings (SSSR count). The van der Waals surface area contributed by atoms with Gasteiger partial charge in [0.2, 0.25) is 0 Å². The predicted octanol–water partition coefficient (Wildman–Crippen LogP) is 2.95. The molecular formula is C10H13F2N. The number of benzene rings is 1. The molecule has 1 nitrogen and oxygen atoms in total. The summed E-state index contributed by atoms with van der Waals surface area (Å²) < 4.78 is 24.9. The molecule has 3 heteroatoms. The quantitative estimate of drug-likeness (QED) is 0.753. The Labute approximate surface area is 76.6 Å². The van der Waals surface area contributed by atoms with Gasteiger partial charge < -0.3 is 5.73 Å². The normalized spacial score (nSPS) is 13.4. The highest BCUT2D eigenvalue weighted by Crippen LogP contribution is 2.26. The summed E-state index contributed by atoms with van der Waals surface area (Å²) in [5.74, 6) is 0. The number of rotatable bonds is 2. The molecular weight excluding hydrogens is 172 g/mol. The first-order chi connectivity index (χ1) is 6.04. The summed E-state index contributed by atoms with van der Waals surface area (Å²) in [5, 5.41) is 0. The molecule has 0 aliphatic heterocycles. The fraction of sp³-hybridized carbons (Fsp3) is 0.400. The van der Waals surface area contributed by atoms with Crippen molar-refractivity contribution in [1.29, 1.82) is 0 Å². The zero-order valence-corrected chi connectivity index (χ0v) is 7.72. The lowest BCUT2D eigenvalue weighted by atomic mass is 9.98. The van der Waals surface area contributed by atoms with Crippen LogP contribution in [0.15, 0.2) is 18.2 Å². The Balaban J connectivity index is 3.18. The van der Waals surface area contributed by atoms with Crippen LogP contribution in [-0.2, 0) is 0 Å². The summed E-state index contributed by atoms with van der Waals surface area (Å²) in [6.07, 6.45) is -2.42. The summed E-state index contributed by atoms with van der Waals surface area (Å²) in [7, 11) is 0. The van der Waals surface area contributed by atoms with Crippen molar-refractivity contribution in [2.75, 3.05) is 0 Å². The molecule has 0 fully saturated rings. The van der Waals surface area contributed by atoms with Gasteiger partial charge in [0, 0.05) is 11.6 Å². The van der Waals surface area contributed by atoms with Gasteiger partial charge in [0.15, 0.2) is 0 Å². The molecule has 0 aliphatic carbocycles. The maximum absolute atomic E-state index is 12.4. The lowest BCUT2D eigenvalue weighted by molar-refractivity contribution is 0.150. The summed E-state index contributed by atoms with van der Waals surface area (Å²) in [6, 6.07) is 4.64. The van der Waals surface area contributed by atoms with Crippen molar-refractivity contribution in [1.82, 2.24) is 0 Å². The lowest BCUT2D eigenvalue weighted by Crippen LogP contribution is -2.08. The van der Waals surface area contributed by atoms with Gasteiger partial charge in [0.25, 0.3) is 6.43 Å². The maximum Gasteiger partial charge on any atom is 0.264 e. The largest absolute Gasteiger partial charge is 0.324 e. The maximum atomic E-state index is 12.4. The molecule has 0 bridgehead atoms. The Morgan fingerprint density at radius 1 is 1.23 bits per heavy atom. The lowest BCUT2D eigenvalue weighted by Gasteiger charge is -2.13. The van der Waals surface area contributed by atoms with Crippen molar-refractivity contribution >= 4 is 0 Å². The van der Waals surface area contributed by atoms with Gasteiger partial charge in [-0.05, 0) is 25.0 Å². The monoisotopic (exact) mass is 185 g/mol. The molecule has 72 valence electrons. The van der Waals surface area contributed by atoms with Crippen molar-refractivity contribution in [3.8, 4) is 0 Å². The van der Waals surface area contributed by atoms with Crippen LogP contribution in [0.4, 0.5) is 8.78 Å². The van der Waals surface area contributed by atoms with Gasteiger partial charge in [0.05, 0.1) is 0 Å². The van der Waals surface area contributed by atoms with E-state index < -0.39 is 6.43 Å². The molecule has 0 spiro atoms. The number of hydrogen-bond acceptors (Lipinski definition) is 1. The van der Waals surface area contributed by atoms with E-state index in [9.17, 15) is 8.78 Å². The molecule has 0 aromatic heterocycles. The van der Waals surface area contributed by atoms with E-state index in [1.807, 2.05) is 0 Å². The van der Waals surface area contributed by atoms with Crippen molar-refractivity contribution in [2.24, 2.45) is 5.73 Å². The standard InChI is InChI=1S/C10H13F2N/c1-6-8(7(2)13)4-3-5-9(6)10(11)12/h3-5,7,10H,13H2,1-2H3/t7-/m1/s1.